The predicted octanol–water partition coefficient (Wildman–Crippen LogP) is 4.75. The standard InChI is InChI=1S/C22H17F2NO4/c23-22(24)29-17-10-6-9-16(13-17)21(27)28-14-20(26)25-19-12-5-4-11-18(19)15-7-2-1-3-8-15/h1-13,22H,14H2,(H,25,26). The van der Waals surface area contributed by atoms with Gasteiger partial charge in [0.1, 0.15) is 5.75 Å². The fourth-order valence-corrected chi connectivity index (χ4v) is 2.66. The van der Waals surface area contributed by atoms with Gasteiger partial charge in [0.2, 0.25) is 0 Å². The molecule has 1 amide bonds. The van der Waals surface area contributed by atoms with E-state index in [2.05, 4.69) is 10.1 Å². The Morgan fingerprint density at radius 1 is 0.897 bits per heavy atom. The van der Waals surface area contributed by atoms with Gasteiger partial charge < -0.3 is 14.8 Å². The molecule has 3 aromatic carbocycles. The van der Waals surface area contributed by atoms with Crippen molar-refractivity contribution in [2.24, 2.45) is 0 Å². The summed E-state index contributed by atoms with van der Waals surface area (Å²) in [4.78, 5) is 24.3. The molecule has 0 unspecified atom stereocenters. The number of ether oxygens (including phenoxy) is 2. The van der Waals surface area contributed by atoms with E-state index in [1.165, 1.54) is 18.2 Å². The zero-order valence-electron chi connectivity index (χ0n) is 15.2. The van der Waals surface area contributed by atoms with Crippen LogP contribution < -0.4 is 10.1 Å². The van der Waals surface area contributed by atoms with Crippen LogP contribution in [0.25, 0.3) is 11.1 Å². The van der Waals surface area contributed by atoms with Gasteiger partial charge in [-0.1, -0.05) is 54.6 Å². The van der Waals surface area contributed by atoms with Gasteiger partial charge >= 0.3 is 12.6 Å². The molecule has 3 rings (SSSR count). The Morgan fingerprint density at radius 2 is 1.62 bits per heavy atom. The first-order valence-corrected chi connectivity index (χ1v) is 8.69. The molecule has 29 heavy (non-hydrogen) atoms. The van der Waals surface area contributed by atoms with Crippen molar-refractivity contribution in [2.75, 3.05) is 11.9 Å². The number of nitrogens with one attached hydrogen (secondary N) is 1. The van der Waals surface area contributed by atoms with E-state index in [9.17, 15) is 18.4 Å². The summed E-state index contributed by atoms with van der Waals surface area (Å²) in [5.41, 5.74) is 2.33. The molecule has 7 heteroatoms. The number of amides is 1. The molecular formula is C22H17F2NO4. The van der Waals surface area contributed by atoms with Crippen LogP contribution in [0, 0.1) is 0 Å². The van der Waals surface area contributed by atoms with E-state index < -0.39 is 25.1 Å². The number of halogens is 2. The number of para-hydroxylation sites is 1. The highest BCUT2D eigenvalue weighted by atomic mass is 19.3. The summed E-state index contributed by atoms with van der Waals surface area (Å²) in [6.07, 6.45) is 0. The maximum Gasteiger partial charge on any atom is 0.387 e. The highest BCUT2D eigenvalue weighted by Crippen LogP contribution is 2.27. The van der Waals surface area contributed by atoms with Crippen LogP contribution in [0.15, 0.2) is 78.9 Å². The minimum atomic E-state index is -3.00. The monoisotopic (exact) mass is 397 g/mol. The van der Waals surface area contributed by atoms with Crippen LogP contribution in [0.1, 0.15) is 10.4 Å². The molecule has 0 aliphatic rings. The molecule has 5 nitrogen and oxygen atoms in total. The third-order valence-electron chi connectivity index (χ3n) is 3.92. The molecule has 0 aliphatic carbocycles. The lowest BCUT2D eigenvalue weighted by Crippen LogP contribution is -2.21. The van der Waals surface area contributed by atoms with Crippen molar-refractivity contribution in [1.29, 1.82) is 0 Å². The van der Waals surface area contributed by atoms with Gasteiger partial charge in [-0.3, -0.25) is 4.79 Å². The van der Waals surface area contributed by atoms with Gasteiger partial charge in [0, 0.05) is 11.3 Å². The first kappa shape index (κ1) is 20.0. The molecule has 0 heterocycles. The van der Waals surface area contributed by atoms with Gasteiger partial charge in [-0.15, -0.1) is 0 Å². The number of anilines is 1. The molecule has 0 saturated heterocycles. The number of rotatable bonds is 7. The molecule has 1 N–H and O–H groups in total. The molecule has 0 spiro atoms. The molecule has 3 aromatic rings. The van der Waals surface area contributed by atoms with Crippen LogP contribution in [0.4, 0.5) is 14.5 Å². The highest BCUT2D eigenvalue weighted by Gasteiger charge is 2.14. The summed E-state index contributed by atoms with van der Waals surface area (Å²) in [6.45, 7) is -3.53. The van der Waals surface area contributed by atoms with E-state index >= 15 is 0 Å². The summed E-state index contributed by atoms with van der Waals surface area (Å²) in [7, 11) is 0. The van der Waals surface area contributed by atoms with Gasteiger partial charge in [-0.2, -0.15) is 8.78 Å². The second-order valence-corrected chi connectivity index (χ2v) is 5.94. The maximum absolute atomic E-state index is 12.3. The number of carbonyl (C=O) groups is 2. The Kier molecular flexibility index (Phi) is 6.52. The first-order valence-electron chi connectivity index (χ1n) is 8.69. The Labute approximate surface area is 165 Å². The average molecular weight is 397 g/mol. The summed E-state index contributed by atoms with van der Waals surface area (Å²) in [6, 6.07) is 21.9. The first-order chi connectivity index (χ1) is 14.0. The van der Waals surface area contributed by atoms with Crippen molar-refractivity contribution < 1.29 is 27.8 Å². The van der Waals surface area contributed by atoms with Crippen molar-refractivity contribution in [1.82, 2.24) is 0 Å². The van der Waals surface area contributed by atoms with Crippen molar-refractivity contribution in [3.05, 3.63) is 84.4 Å². The van der Waals surface area contributed by atoms with Gasteiger partial charge in [0.05, 0.1) is 5.56 Å². The van der Waals surface area contributed by atoms with Gasteiger partial charge in [-0.25, -0.2) is 4.79 Å². The van der Waals surface area contributed by atoms with Crippen molar-refractivity contribution in [3.63, 3.8) is 0 Å². The Morgan fingerprint density at radius 3 is 2.38 bits per heavy atom. The lowest BCUT2D eigenvalue weighted by molar-refractivity contribution is -0.119. The summed E-state index contributed by atoms with van der Waals surface area (Å²) >= 11 is 0. The topological polar surface area (TPSA) is 64.6 Å². The molecule has 0 radical (unpaired) electrons. The number of esters is 1. The number of hydrogen-bond donors (Lipinski definition) is 1. The molecule has 0 aromatic heterocycles. The van der Waals surface area contributed by atoms with Gasteiger partial charge in [0.25, 0.3) is 5.91 Å². The Bertz CT molecular complexity index is 993. The minimum absolute atomic E-state index is 0.000589. The van der Waals surface area contributed by atoms with Crippen molar-refractivity contribution >= 4 is 17.6 Å². The molecule has 148 valence electrons. The molecule has 0 saturated carbocycles. The van der Waals surface area contributed by atoms with Crippen molar-refractivity contribution in [2.45, 2.75) is 6.61 Å². The van der Waals surface area contributed by atoms with E-state index in [-0.39, 0.29) is 11.3 Å². The predicted molar refractivity (Wildman–Crippen MR) is 104 cm³/mol. The fourth-order valence-electron chi connectivity index (χ4n) is 2.66. The average Bonchev–Trinajstić information content (AvgIpc) is 2.73. The lowest BCUT2D eigenvalue weighted by atomic mass is 10.0. The largest absolute Gasteiger partial charge is 0.452 e. The minimum Gasteiger partial charge on any atom is -0.452 e. The molecule has 0 fully saturated rings. The summed E-state index contributed by atoms with van der Waals surface area (Å²) in [5, 5.41) is 2.71. The Balaban J connectivity index is 1.62. The van der Waals surface area contributed by atoms with Gasteiger partial charge in [-0.05, 0) is 29.8 Å². The second-order valence-electron chi connectivity index (χ2n) is 5.94. The number of alkyl halides is 2. The summed E-state index contributed by atoms with van der Waals surface area (Å²) < 4.78 is 33.8. The van der Waals surface area contributed by atoms with E-state index in [1.807, 2.05) is 42.5 Å². The Hall–Kier alpha value is -3.74. The molecular weight excluding hydrogens is 380 g/mol. The zero-order valence-corrected chi connectivity index (χ0v) is 15.2. The maximum atomic E-state index is 12.3. The normalized spacial score (nSPS) is 10.4. The molecule has 0 atom stereocenters. The quantitative estimate of drug-likeness (QED) is 0.585. The highest BCUT2D eigenvalue weighted by molar-refractivity contribution is 5.98. The van der Waals surface area contributed by atoms with Crippen LogP contribution in [-0.4, -0.2) is 25.1 Å². The van der Waals surface area contributed by atoms with Crippen LogP contribution in [0.5, 0.6) is 5.75 Å². The number of benzene rings is 3. The van der Waals surface area contributed by atoms with E-state index in [0.717, 1.165) is 17.2 Å². The lowest BCUT2D eigenvalue weighted by Gasteiger charge is -2.12. The van der Waals surface area contributed by atoms with E-state index in [1.54, 1.807) is 12.1 Å². The van der Waals surface area contributed by atoms with E-state index in [0.29, 0.717) is 5.69 Å². The third kappa shape index (κ3) is 5.62. The zero-order chi connectivity index (χ0) is 20.6. The smallest absolute Gasteiger partial charge is 0.387 e. The van der Waals surface area contributed by atoms with Crippen LogP contribution in [0.3, 0.4) is 0 Å². The fraction of sp³-hybridized carbons (Fsp3) is 0.0909. The number of hydrogen-bond acceptors (Lipinski definition) is 4. The van der Waals surface area contributed by atoms with E-state index in [4.69, 9.17) is 4.74 Å². The van der Waals surface area contributed by atoms with Crippen LogP contribution in [0.2, 0.25) is 0 Å². The number of carbonyl (C=O) groups excluding carboxylic acids is 2. The van der Waals surface area contributed by atoms with Crippen LogP contribution in [-0.2, 0) is 9.53 Å². The SMILES string of the molecule is O=C(COC(=O)c1cccc(OC(F)F)c1)Nc1ccccc1-c1ccccc1. The van der Waals surface area contributed by atoms with Crippen molar-refractivity contribution in [3.8, 4) is 16.9 Å². The second kappa shape index (κ2) is 9.45. The molecule has 0 bridgehead atoms. The van der Waals surface area contributed by atoms with Crippen LogP contribution >= 0.6 is 0 Å². The molecule has 0 aliphatic heterocycles. The third-order valence-corrected chi connectivity index (χ3v) is 3.92. The summed E-state index contributed by atoms with van der Waals surface area (Å²) in [5.74, 6) is -1.52. The van der Waals surface area contributed by atoms with Gasteiger partial charge in [0.15, 0.2) is 6.61 Å².